The van der Waals surface area contributed by atoms with Crippen LogP contribution < -0.4 is 0 Å². The quantitative estimate of drug-likeness (QED) is 0.348. The van der Waals surface area contributed by atoms with E-state index in [1.165, 1.54) is 7.11 Å². The number of ether oxygens (including phenoxy) is 1. The fourth-order valence-corrected chi connectivity index (χ4v) is 4.41. The van der Waals surface area contributed by atoms with Crippen molar-refractivity contribution in [1.82, 2.24) is 4.31 Å². The summed E-state index contributed by atoms with van der Waals surface area (Å²) >= 11 is 0. The third-order valence-electron chi connectivity index (χ3n) is 3.96. The molecule has 1 saturated heterocycles. The van der Waals surface area contributed by atoms with Gasteiger partial charge < -0.3 is 4.74 Å². The summed E-state index contributed by atoms with van der Waals surface area (Å²) in [6.07, 6.45) is 0. The van der Waals surface area contributed by atoms with E-state index in [2.05, 4.69) is 0 Å². The van der Waals surface area contributed by atoms with Gasteiger partial charge in [-0.25, -0.2) is 8.42 Å². The molecule has 9 heteroatoms. The van der Waals surface area contributed by atoms with Crippen molar-refractivity contribution in [3.63, 3.8) is 0 Å². The third-order valence-corrected chi connectivity index (χ3v) is 5.84. The van der Waals surface area contributed by atoms with Crippen LogP contribution in [0, 0.1) is 10.1 Å². The van der Waals surface area contributed by atoms with Crippen molar-refractivity contribution in [3.05, 3.63) is 70.3 Å². The summed E-state index contributed by atoms with van der Waals surface area (Å²) in [6, 6.07) is 11.7. The highest BCUT2D eigenvalue weighted by atomic mass is 32.2. The predicted octanol–water partition coefficient (Wildman–Crippen LogP) is 1.88. The topological polar surface area (TPSA) is 107 Å². The number of methoxy groups -OCH3 is 1. The molecule has 1 heterocycles. The summed E-state index contributed by atoms with van der Waals surface area (Å²) in [5.74, 6) is -0.653. The molecule has 2 aromatic rings. The Morgan fingerprint density at radius 2 is 1.72 bits per heavy atom. The highest BCUT2D eigenvalue weighted by molar-refractivity contribution is 7.89. The number of esters is 1. The van der Waals surface area contributed by atoms with Gasteiger partial charge in [0.2, 0.25) is 10.0 Å². The lowest BCUT2D eigenvalue weighted by atomic mass is 10.1. The first-order valence-electron chi connectivity index (χ1n) is 7.28. The number of carbonyl (C=O) groups excluding carboxylic acids is 1. The largest absolute Gasteiger partial charge is 0.468 e. The number of hydrogen-bond donors (Lipinski definition) is 0. The molecule has 0 radical (unpaired) electrons. The van der Waals surface area contributed by atoms with Crippen molar-refractivity contribution >= 4 is 21.7 Å². The second-order valence-corrected chi connectivity index (χ2v) is 7.25. The van der Waals surface area contributed by atoms with Crippen LogP contribution in [-0.4, -0.2) is 36.8 Å². The molecule has 1 unspecified atom stereocenters. The smallest absolute Gasteiger partial charge is 0.326 e. The van der Waals surface area contributed by atoms with E-state index >= 15 is 0 Å². The van der Waals surface area contributed by atoms with E-state index in [0.29, 0.717) is 5.56 Å². The van der Waals surface area contributed by atoms with Gasteiger partial charge >= 0.3 is 5.97 Å². The molecule has 0 spiro atoms. The fourth-order valence-electron chi connectivity index (χ4n) is 2.70. The number of sulfonamides is 1. The van der Waals surface area contributed by atoms with Gasteiger partial charge in [0.1, 0.15) is 6.04 Å². The Morgan fingerprint density at radius 1 is 1.12 bits per heavy atom. The SMILES string of the molecule is COC(=O)[C@H]1[C@H](c2ccccc2)N1S(=O)(=O)c1ccc([N+](=O)[O-])cc1. The molecule has 25 heavy (non-hydrogen) atoms. The summed E-state index contributed by atoms with van der Waals surface area (Å²) in [6.45, 7) is 0. The molecule has 0 N–H and O–H groups in total. The molecule has 1 aliphatic rings. The molecule has 1 aliphatic heterocycles. The molecule has 1 fully saturated rings. The molecule has 130 valence electrons. The van der Waals surface area contributed by atoms with E-state index in [-0.39, 0.29) is 10.6 Å². The summed E-state index contributed by atoms with van der Waals surface area (Å²) < 4.78 is 31.4. The lowest BCUT2D eigenvalue weighted by molar-refractivity contribution is -0.384. The van der Waals surface area contributed by atoms with Gasteiger partial charge in [0.25, 0.3) is 5.69 Å². The standard InChI is InChI=1S/C16H14N2O6S/c1-24-16(19)15-14(11-5-3-2-4-6-11)17(15)25(22,23)13-9-7-12(8-10-13)18(20)21/h2-10,14-15H,1H3/t14-,15+,17?/m0/s1. The highest BCUT2D eigenvalue weighted by Gasteiger charge is 2.61. The second kappa shape index (κ2) is 6.26. The molecule has 3 rings (SSSR count). The summed E-state index contributed by atoms with van der Waals surface area (Å²) in [4.78, 5) is 21.9. The molecule has 0 bridgehead atoms. The molecule has 2 aromatic carbocycles. The zero-order chi connectivity index (χ0) is 18.2. The van der Waals surface area contributed by atoms with Crippen LogP contribution in [0.1, 0.15) is 11.6 Å². The normalized spacial score (nSPS) is 22.2. The van der Waals surface area contributed by atoms with E-state index in [1.807, 2.05) is 0 Å². The molecule has 0 amide bonds. The summed E-state index contributed by atoms with van der Waals surface area (Å²) in [7, 11) is -2.81. The van der Waals surface area contributed by atoms with Crippen LogP contribution in [0.25, 0.3) is 0 Å². The molecular weight excluding hydrogens is 348 g/mol. The van der Waals surface area contributed by atoms with Crippen molar-refractivity contribution in [2.75, 3.05) is 7.11 Å². The lowest BCUT2D eigenvalue weighted by Crippen LogP contribution is -2.20. The number of nitro groups is 1. The maximum atomic E-state index is 12.8. The summed E-state index contributed by atoms with van der Waals surface area (Å²) in [5.41, 5.74) is 0.456. The Hall–Kier alpha value is -2.78. The van der Waals surface area contributed by atoms with Gasteiger partial charge in [-0.1, -0.05) is 30.3 Å². The first-order chi connectivity index (χ1) is 11.9. The van der Waals surface area contributed by atoms with E-state index in [0.717, 1.165) is 28.6 Å². The monoisotopic (exact) mass is 362 g/mol. The van der Waals surface area contributed by atoms with E-state index in [4.69, 9.17) is 4.74 Å². The van der Waals surface area contributed by atoms with Gasteiger partial charge in [0.05, 0.1) is 23.0 Å². The van der Waals surface area contributed by atoms with Crippen LogP contribution in [0.4, 0.5) is 5.69 Å². The maximum absolute atomic E-state index is 12.8. The number of hydrogen-bond acceptors (Lipinski definition) is 6. The van der Waals surface area contributed by atoms with Gasteiger partial charge in [0.15, 0.2) is 0 Å². The van der Waals surface area contributed by atoms with Crippen LogP contribution in [0.15, 0.2) is 59.5 Å². The third kappa shape index (κ3) is 2.99. The Balaban J connectivity index is 1.97. The molecular formula is C16H14N2O6S. The number of nitro benzene ring substituents is 1. The number of carbonyl (C=O) groups is 1. The molecule has 0 aliphatic carbocycles. The second-order valence-electron chi connectivity index (χ2n) is 5.41. The number of non-ortho nitro benzene ring substituents is 1. The molecule has 0 saturated carbocycles. The van der Waals surface area contributed by atoms with Crippen molar-refractivity contribution < 1.29 is 22.9 Å². The van der Waals surface area contributed by atoms with Gasteiger partial charge in [-0.3, -0.25) is 14.9 Å². The molecule has 3 atom stereocenters. The minimum atomic E-state index is -4.00. The van der Waals surface area contributed by atoms with E-state index in [9.17, 15) is 23.3 Å². The van der Waals surface area contributed by atoms with Crippen LogP contribution in [0.3, 0.4) is 0 Å². The van der Waals surface area contributed by atoms with Gasteiger partial charge in [-0.15, -0.1) is 0 Å². The van der Waals surface area contributed by atoms with E-state index in [1.54, 1.807) is 30.3 Å². The van der Waals surface area contributed by atoms with Crippen LogP contribution in [0.2, 0.25) is 0 Å². The average Bonchev–Trinajstić information content (AvgIpc) is 3.38. The lowest BCUT2D eigenvalue weighted by Gasteiger charge is -2.06. The number of rotatable bonds is 5. The number of benzene rings is 2. The Kier molecular flexibility index (Phi) is 4.27. The molecule has 0 aromatic heterocycles. The minimum Gasteiger partial charge on any atom is -0.468 e. The van der Waals surface area contributed by atoms with Crippen molar-refractivity contribution in [2.45, 2.75) is 17.0 Å². The zero-order valence-corrected chi connectivity index (χ0v) is 13.9. The molecule has 8 nitrogen and oxygen atoms in total. The van der Waals surface area contributed by atoms with Crippen molar-refractivity contribution in [2.24, 2.45) is 0 Å². The first kappa shape index (κ1) is 17.1. The maximum Gasteiger partial charge on any atom is 0.326 e. The zero-order valence-electron chi connectivity index (χ0n) is 13.1. The average molecular weight is 362 g/mol. The van der Waals surface area contributed by atoms with Crippen LogP contribution >= 0.6 is 0 Å². The summed E-state index contributed by atoms with van der Waals surface area (Å²) in [5, 5.41) is 10.7. The predicted molar refractivity (Wildman–Crippen MR) is 87.1 cm³/mol. The first-order valence-corrected chi connectivity index (χ1v) is 8.72. The van der Waals surface area contributed by atoms with Crippen LogP contribution in [0.5, 0.6) is 0 Å². The number of nitrogens with zero attached hydrogens (tertiary/aromatic N) is 2. The fraction of sp³-hybridized carbons (Fsp3) is 0.188. The van der Waals surface area contributed by atoms with Crippen molar-refractivity contribution in [1.29, 1.82) is 0 Å². The Labute approximate surface area is 143 Å². The van der Waals surface area contributed by atoms with Crippen LogP contribution in [-0.2, 0) is 19.6 Å². The Bertz CT molecular complexity index is 911. The van der Waals surface area contributed by atoms with Gasteiger partial charge in [-0.2, -0.15) is 4.31 Å². The van der Waals surface area contributed by atoms with E-state index < -0.39 is 33.0 Å². The van der Waals surface area contributed by atoms with Crippen molar-refractivity contribution in [3.8, 4) is 0 Å². The van der Waals surface area contributed by atoms with Gasteiger partial charge in [-0.05, 0) is 17.7 Å². The Morgan fingerprint density at radius 3 is 2.24 bits per heavy atom. The minimum absolute atomic E-state index is 0.120. The van der Waals surface area contributed by atoms with Gasteiger partial charge in [0, 0.05) is 12.1 Å². The highest BCUT2D eigenvalue weighted by Crippen LogP contribution is 2.48.